The zero-order chi connectivity index (χ0) is 20.8. The molecule has 0 spiro atoms. The Balaban J connectivity index is 1.23. The maximum Gasteiger partial charge on any atom is 0.237 e. The maximum atomic E-state index is 12.3. The van der Waals surface area contributed by atoms with Crippen LogP contribution in [0.5, 0.6) is 0 Å². The summed E-state index contributed by atoms with van der Waals surface area (Å²) in [4.78, 5) is 30.0. The summed E-state index contributed by atoms with van der Waals surface area (Å²) < 4.78 is 0. The van der Waals surface area contributed by atoms with Gasteiger partial charge < -0.3 is 10.2 Å². The molecule has 2 amide bonds. The molecule has 0 aliphatic carbocycles. The van der Waals surface area contributed by atoms with Crippen molar-refractivity contribution in [3.63, 3.8) is 0 Å². The number of rotatable bonds is 7. The summed E-state index contributed by atoms with van der Waals surface area (Å²) >= 11 is 1.56. The summed E-state index contributed by atoms with van der Waals surface area (Å²) in [6.45, 7) is 4.33. The number of benzene rings is 2. The summed E-state index contributed by atoms with van der Waals surface area (Å²) in [7, 11) is 0. The van der Waals surface area contributed by atoms with Crippen LogP contribution in [0, 0.1) is 0 Å². The van der Waals surface area contributed by atoms with E-state index >= 15 is 0 Å². The topological polar surface area (TPSA) is 52.7 Å². The van der Waals surface area contributed by atoms with Crippen LogP contribution in [0.25, 0.3) is 0 Å². The van der Waals surface area contributed by atoms with Gasteiger partial charge in [-0.25, -0.2) is 0 Å². The number of carbonyl (C=O) groups excluding carboxylic acids is 2. The molecule has 0 bridgehead atoms. The van der Waals surface area contributed by atoms with E-state index in [1.165, 1.54) is 37.9 Å². The Morgan fingerprint density at radius 2 is 1.70 bits per heavy atom. The Labute approximate surface area is 182 Å². The van der Waals surface area contributed by atoms with Gasteiger partial charge in [0.05, 0.1) is 11.4 Å². The molecule has 2 aliphatic heterocycles. The van der Waals surface area contributed by atoms with Crippen LogP contribution in [0.15, 0.2) is 53.4 Å². The van der Waals surface area contributed by atoms with Crippen molar-refractivity contribution in [2.75, 3.05) is 30.3 Å². The number of thioether (sulfide) groups is 1. The minimum Gasteiger partial charge on any atom is -0.352 e. The number of hydrogen-bond donors (Lipinski definition) is 1. The molecule has 4 rings (SSSR count). The number of hydrogen-bond acceptors (Lipinski definition) is 4. The molecule has 1 N–H and O–H groups in total. The van der Waals surface area contributed by atoms with Crippen molar-refractivity contribution >= 4 is 29.3 Å². The third-order valence-corrected chi connectivity index (χ3v) is 6.79. The molecule has 0 radical (unpaired) electrons. The number of likely N-dealkylation sites (tertiary alicyclic amines) is 1. The van der Waals surface area contributed by atoms with Gasteiger partial charge in [-0.1, -0.05) is 42.8 Å². The summed E-state index contributed by atoms with van der Waals surface area (Å²) in [6, 6.07) is 16.4. The third kappa shape index (κ3) is 5.43. The summed E-state index contributed by atoms with van der Waals surface area (Å²) in [5.74, 6) is 0.467. The van der Waals surface area contributed by atoms with Gasteiger partial charge in [-0.15, -0.1) is 11.8 Å². The Morgan fingerprint density at radius 1 is 0.967 bits per heavy atom. The fourth-order valence-corrected chi connectivity index (χ4v) is 4.98. The van der Waals surface area contributed by atoms with Gasteiger partial charge in [-0.3, -0.25) is 14.5 Å². The van der Waals surface area contributed by atoms with E-state index < -0.39 is 0 Å². The molecule has 2 heterocycles. The standard InChI is InChI=1S/C24H29N3O2S/c28-23(12-15-27-21-6-2-3-7-22(21)30-18-24(27)29)25-16-19-8-10-20(11-9-19)17-26-13-4-1-5-14-26/h2-3,6-11H,1,4-5,12-18H2,(H,25,28). The molecular weight excluding hydrogens is 394 g/mol. The van der Waals surface area contributed by atoms with Gasteiger partial charge in [0.15, 0.2) is 0 Å². The Morgan fingerprint density at radius 3 is 2.50 bits per heavy atom. The quantitative estimate of drug-likeness (QED) is 0.736. The van der Waals surface area contributed by atoms with E-state index in [1.807, 2.05) is 24.3 Å². The van der Waals surface area contributed by atoms with Gasteiger partial charge >= 0.3 is 0 Å². The Hall–Kier alpha value is -2.31. The number of anilines is 1. The van der Waals surface area contributed by atoms with Gasteiger partial charge in [-0.05, 0) is 49.2 Å². The minimum atomic E-state index is -0.0316. The highest BCUT2D eigenvalue weighted by molar-refractivity contribution is 8.00. The lowest BCUT2D eigenvalue weighted by atomic mass is 10.1. The van der Waals surface area contributed by atoms with Crippen LogP contribution in [0.2, 0.25) is 0 Å². The smallest absolute Gasteiger partial charge is 0.237 e. The number of piperidine rings is 1. The fraction of sp³-hybridized carbons (Fsp3) is 0.417. The lowest BCUT2D eigenvalue weighted by Gasteiger charge is -2.28. The van der Waals surface area contributed by atoms with E-state index in [9.17, 15) is 9.59 Å². The summed E-state index contributed by atoms with van der Waals surface area (Å²) in [5.41, 5.74) is 3.34. The summed E-state index contributed by atoms with van der Waals surface area (Å²) in [5, 5.41) is 2.99. The van der Waals surface area contributed by atoms with Crippen molar-refractivity contribution in [1.82, 2.24) is 10.2 Å². The molecule has 0 atom stereocenters. The van der Waals surface area contributed by atoms with Crippen LogP contribution in [0.4, 0.5) is 5.69 Å². The number of fused-ring (bicyclic) bond motifs is 1. The first kappa shape index (κ1) is 20.9. The van der Waals surface area contributed by atoms with Crippen LogP contribution >= 0.6 is 11.8 Å². The molecule has 0 saturated carbocycles. The lowest BCUT2D eigenvalue weighted by Crippen LogP contribution is -2.38. The van der Waals surface area contributed by atoms with Gasteiger partial charge in [0.1, 0.15) is 0 Å². The van der Waals surface area contributed by atoms with Crippen molar-refractivity contribution < 1.29 is 9.59 Å². The molecule has 6 heteroatoms. The first-order valence-electron chi connectivity index (χ1n) is 10.8. The van der Waals surface area contributed by atoms with Crippen molar-refractivity contribution in [2.45, 2.75) is 43.7 Å². The third-order valence-electron chi connectivity index (χ3n) is 5.74. The zero-order valence-corrected chi connectivity index (χ0v) is 18.1. The lowest BCUT2D eigenvalue weighted by molar-refractivity contribution is -0.121. The molecule has 2 aromatic rings. The number of nitrogens with one attached hydrogen (secondary N) is 1. The molecule has 2 aromatic carbocycles. The zero-order valence-electron chi connectivity index (χ0n) is 17.3. The van der Waals surface area contributed by atoms with Crippen molar-refractivity contribution in [3.05, 3.63) is 59.7 Å². The average molecular weight is 424 g/mol. The molecule has 1 fully saturated rings. The number of para-hydroxylation sites is 1. The van der Waals surface area contributed by atoms with Gasteiger partial charge in [0, 0.05) is 31.0 Å². The van der Waals surface area contributed by atoms with Crippen LogP contribution in [0.3, 0.4) is 0 Å². The second-order valence-electron chi connectivity index (χ2n) is 7.98. The second kappa shape index (κ2) is 10.1. The Kier molecular flexibility index (Phi) is 7.07. The van der Waals surface area contributed by atoms with E-state index in [0.717, 1.165) is 22.7 Å². The van der Waals surface area contributed by atoms with Crippen molar-refractivity contribution in [3.8, 4) is 0 Å². The maximum absolute atomic E-state index is 12.3. The predicted molar refractivity (Wildman–Crippen MR) is 122 cm³/mol. The van der Waals surface area contributed by atoms with E-state index in [-0.39, 0.29) is 11.8 Å². The van der Waals surface area contributed by atoms with Crippen LogP contribution < -0.4 is 10.2 Å². The van der Waals surface area contributed by atoms with Gasteiger partial charge in [0.2, 0.25) is 11.8 Å². The average Bonchev–Trinajstić information content (AvgIpc) is 2.78. The van der Waals surface area contributed by atoms with E-state index in [4.69, 9.17) is 0 Å². The molecule has 30 heavy (non-hydrogen) atoms. The first-order valence-corrected chi connectivity index (χ1v) is 11.8. The van der Waals surface area contributed by atoms with Crippen molar-refractivity contribution in [2.24, 2.45) is 0 Å². The minimum absolute atomic E-state index is 0.0316. The SMILES string of the molecule is O=C(CCN1C(=O)CSc2ccccc21)NCc1ccc(CN2CCCCC2)cc1. The highest BCUT2D eigenvalue weighted by Crippen LogP contribution is 2.34. The molecule has 5 nitrogen and oxygen atoms in total. The van der Waals surface area contributed by atoms with Crippen molar-refractivity contribution in [1.29, 1.82) is 0 Å². The molecule has 0 aromatic heterocycles. The molecule has 2 aliphatic rings. The molecule has 0 unspecified atom stereocenters. The molecular formula is C24H29N3O2S. The predicted octanol–water partition coefficient (Wildman–Crippen LogP) is 3.82. The monoisotopic (exact) mass is 423 g/mol. The van der Waals surface area contributed by atoms with Gasteiger partial charge in [-0.2, -0.15) is 0 Å². The highest BCUT2D eigenvalue weighted by Gasteiger charge is 2.24. The second-order valence-corrected chi connectivity index (χ2v) is 9.00. The van der Waals surface area contributed by atoms with Gasteiger partial charge in [0.25, 0.3) is 0 Å². The normalized spacial score (nSPS) is 16.9. The van der Waals surface area contributed by atoms with Crippen LogP contribution in [0.1, 0.15) is 36.8 Å². The fourth-order valence-electron chi connectivity index (χ4n) is 4.04. The largest absolute Gasteiger partial charge is 0.352 e. The Bertz CT molecular complexity index is 878. The van der Waals surface area contributed by atoms with Crippen LogP contribution in [-0.2, 0) is 22.7 Å². The van der Waals surface area contributed by atoms with Crippen LogP contribution in [-0.4, -0.2) is 42.1 Å². The number of carbonyl (C=O) groups is 2. The number of amides is 2. The van der Waals surface area contributed by atoms with E-state index in [0.29, 0.717) is 25.3 Å². The summed E-state index contributed by atoms with van der Waals surface area (Å²) in [6.07, 6.45) is 4.26. The van der Waals surface area contributed by atoms with E-state index in [1.54, 1.807) is 16.7 Å². The highest BCUT2D eigenvalue weighted by atomic mass is 32.2. The number of nitrogens with zero attached hydrogens (tertiary/aromatic N) is 2. The molecule has 158 valence electrons. The van der Waals surface area contributed by atoms with E-state index in [2.05, 4.69) is 34.5 Å². The molecule has 1 saturated heterocycles. The first-order chi connectivity index (χ1) is 14.7.